The number of fused-ring (bicyclic) bond motifs is 10. The molecule has 0 spiro atoms. The van der Waals surface area contributed by atoms with Gasteiger partial charge in [-0.25, -0.2) is 49.6 Å². The number of anilines is 4. The van der Waals surface area contributed by atoms with Gasteiger partial charge >= 0.3 is 46.5 Å². The zero-order valence-corrected chi connectivity index (χ0v) is 79.9. The molecule has 47 heteroatoms. The third-order valence-corrected chi connectivity index (χ3v) is 29.3. The number of amides is 8. The Hall–Kier alpha value is -11.6. The number of carbonyl (C=O) groups excluding carboxylic acids is 5. The lowest BCUT2D eigenvalue weighted by Crippen LogP contribution is -2.52. The molecule has 21 atom stereocenters. The zero-order chi connectivity index (χ0) is 99.0. The number of aliphatic hydroxyl groups is 4. The van der Waals surface area contributed by atoms with Gasteiger partial charge in [0.2, 0.25) is 6.54 Å². The number of morpholine rings is 5. The second kappa shape index (κ2) is 40.9. The van der Waals surface area contributed by atoms with Gasteiger partial charge in [-0.15, -0.1) is 0 Å². The monoisotopic (exact) mass is 1910 g/mol. The van der Waals surface area contributed by atoms with E-state index < -0.39 is 150 Å². The average molecular weight is 1910 g/mol. The molecule has 736 valence electrons. The molecule has 5 aromatic heterocycles. The molecule has 136 heavy (non-hydrogen) atoms. The summed E-state index contributed by atoms with van der Waals surface area (Å²) in [7, 11) is 2.93. The van der Waals surface area contributed by atoms with Crippen LogP contribution < -0.4 is 82.7 Å². The molecule has 8 amide bonds. The molecule has 0 saturated carbocycles. The summed E-state index contributed by atoms with van der Waals surface area (Å²) in [6.45, 7) is 35.9. The van der Waals surface area contributed by atoms with Crippen LogP contribution in [0, 0.1) is 41.2 Å². The van der Waals surface area contributed by atoms with E-state index in [1.807, 2.05) is 40.7 Å². The van der Waals surface area contributed by atoms with E-state index in [2.05, 4.69) is 99.3 Å². The van der Waals surface area contributed by atoms with Crippen molar-refractivity contribution in [2.24, 2.45) is 0 Å². The fraction of sp³-hybridized carbons (Fsp3) is 0.573. The highest BCUT2D eigenvalue weighted by Crippen LogP contribution is 2.58. The highest BCUT2D eigenvalue weighted by atomic mass is 31.2. The normalized spacial score (nSPS) is 29.4. The predicted octanol–water partition coefficient (Wildman–Crippen LogP) is 2.23. The molecule has 10 saturated heterocycles. The van der Waals surface area contributed by atoms with Gasteiger partial charge in [0.25, 0.3) is 25.9 Å². The number of nitrogens with two attached hydrogens (primary N) is 2. The van der Waals surface area contributed by atoms with E-state index in [0.29, 0.717) is 84.1 Å². The van der Waals surface area contributed by atoms with Crippen molar-refractivity contribution in [1.82, 2.24) is 93.7 Å². The van der Waals surface area contributed by atoms with E-state index in [4.69, 9.17) is 50.8 Å². The lowest BCUT2D eigenvalue weighted by atomic mass is 9.96. The standard InChI is InChI=1S/C30H42N7O6P.C21H25N5O5.C14H21N5O4.C12H18N4O3.C12H17N3O4/c1-9-30-18-36(28(39)32-8)23(24(30)43-44(41-16-15-31-7)37(19(2)3)20(4)5)27(42-30)35-17-21(6)25(34-29(35)40)33-26(38)22-13-11-10-12-14-22;1-4-21-11-26(19(29)22-3)14(15(21)27)18(31-21)25-10-12(2)16(24-20(25)30)23-17(28)13-8-6-5-7-9-13;1-4-14-6-19(12(21)16-3)8(9(14)20)11(23-14)18-5-7(2)10(15)17-13(18)22;1-3-12-5-14-7(8(12)17)10(19-12)16-4-6(2)9(13)15-11(16)18;1-3-12-5-13-7(8(12)16)10(19-12)15-4-6(2)9(17)14-11(15)18/h10-14,17,19-20,23-24,27H,9,15-16,18H2,1-6,8H3,(H,32,39)(H,33,34,38,40);5-10,14-15,18,27H,4,11H2,1-3H3,(H,22,29)(H,23,24,28,30);5,8-9,11,20H,4,6H2,1-3H3,(H,16,21)(H2,15,17,22);4,7-8,10,14,17H,3,5H2,1-2H3,(H2,13,15,18);4,7-8,10,13,16H,3,5H2,1-2H3,(H,14,17,18)/t23-,24+,27-,30+,44?;14-,15+,18-,21+;8-,9+,11-,14+;2*7-,8+,10-,12+/m11111/s1. The Labute approximate surface area is 783 Å². The number of aromatic nitrogens is 10. The molecule has 0 radical (unpaired) electrons. The number of hydrogen-bond donors (Lipinski definition) is 14. The van der Waals surface area contributed by atoms with Crippen molar-refractivity contribution < 1.29 is 77.1 Å². The van der Waals surface area contributed by atoms with Crippen LogP contribution in [0.5, 0.6) is 0 Å². The number of aryl methyl sites for hydroxylation is 5. The molecule has 17 rings (SSSR count). The minimum Gasteiger partial charge on any atom is -0.388 e. The molecule has 7 aromatic rings. The lowest BCUT2D eigenvalue weighted by Gasteiger charge is -2.38. The van der Waals surface area contributed by atoms with Crippen molar-refractivity contribution in [1.29, 1.82) is 0 Å². The summed E-state index contributed by atoms with van der Waals surface area (Å²) >= 11 is 0. The summed E-state index contributed by atoms with van der Waals surface area (Å²) in [6.07, 6.45) is 3.16. The topological polar surface area (TPSA) is 579 Å². The van der Waals surface area contributed by atoms with Gasteiger partial charge < -0.3 is 121 Å². The van der Waals surface area contributed by atoms with Crippen molar-refractivity contribution in [2.75, 3.05) is 89.1 Å². The number of ether oxygens (including phenoxy) is 5. The quantitative estimate of drug-likeness (QED) is 0.0263. The SMILES string of the molecule is CC[C@@]12CN(C(=O)NC)[C@@H]([C@H](n3cc(C)c(N)nc3=O)O1)[C@@H]2O.CC[C@@]12CN(C(=O)NC)[C@@H]([C@H](n3cc(C)c(NC(=O)c4ccccc4)nc3=O)O1)[C@@H]2O.CC[C@@]12CN[C@@H]([C@H](n3cc(C)c(=O)[nH]c3=O)O1)[C@@H]2O.CC[C@@]12CN[C@@H]([C@H](n3cc(C)c(N)nc3=O)O1)[C@@H]2O.[C-]#[N+]CCOP(O[C@H]1[C@@H]2[C@H](n3cc(C)c(NC(=O)c4ccccc4)nc3=O)O[C@@]1(CC)CN2C(=O)NC)N(C(C)C)C(C)C. The molecule has 10 bridgehead atoms. The van der Waals surface area contributed by atoms with E-state index >= 15 is 0 Å². The van der Waals surface area contributed by atoms with E-state index in [9.17, 15) is 73.2 Å². The number of nitrogens with one attached hydrogen (secondary N) is 8. The van der Waals surface area contributed by atoms with Crippen molar-refractivity contribution in [3.05, 3.63) is 205 Å². The van der Waals surface area contributed by atoms with E-state index in [1.54, 1.807) is 120 Å². The van der Waals surface area contributed by atoms with Gasteiger partial charge in [0, 0.05) is 116 Å². The Balaban J connectivity index is 0.000000150. The summed E-state index contributed by atoms with van der Waals surface area (Å²) in [5, 5.41) is 61.6. The summed E-state index contributed by atoms with van der Waals surface area (Å²) < 4.78 is 52.4. The maximum atomic E-state index is 13.5. The molecule has 10 fully saturated rings. The summed E-state index contributed by atoms with van der Waals surface area (Å²) in [5.74, 6) is -0.0925. The highest BCUT2D eigenvalue weighted by molar-refractivity contribution is 7.44. The molecule has 0 aliphatic carbocycles. The Morgan fingerprint density at radius 3 is 1.22 bits per heavy atom. The van der Waals surface area contributed by atoms with Gasteiger partial charge in [0.15, 0.2) is 31.1 Å². The van der Waals surface area contributed by atoms with Crippen LogP contribution in [0.2, 0.25) is 0 Å². The van der Waals surface area contributed by atoms with Crippen LogP contribution in [-0.2, 0) is 32.7 Å². The number of carbonyl (C=O) groups is 5. The third-order valence-electron chi connectivity index (χ3n) is 27.2. The largest absolute Gasteiger partial charge is 0.388 e. The smallest absolute Gasteiger partial charge is 0.351 e. The predicted molar refractivity (Wildman–Crippen MR) is 496 cm³/mol. The third kappa shape index (κ3) is 18.9. The molecule has 1 unspecified atom stereocenters. The van der Waals surface area contributed by atoms with Crippen molar-refractivity contribution in [3.63, 3.8) is 0 Å². The molecule has 10 aliphatic heterocycles. The number of rotatable bonds is 22. The molecule has 16 N–H and O–H groups in total. The number of urea groups is 3. The molecule has 46 nitrogen and oxygen atoms in total. The average Bonchev–Trinajstić information content (AvgIpc) is 1.55. The summed E-state index contributed by atoms with van der Waals surface area (Å²) in [4.78, 5) is 163. The number of nitrogens with zero attached hydrogens (tertiary/aromatic N) is 14. The Kier molecular flexibility index (Phi) is 30.6. The van der Waals surface area contributed by atoms with Gasteiger partial charge in [0.1, 0.15) is 107 Å². The zero-order valence-electron chi connectivity index (χ0n) is 79.0. The van der Waals surface area contributed by atoms with E-state index in [-0.39, 0.29) is 110 Å². The molecule has 2 aromatic carbocycles. The first kappa shape index (κ1) is 102. The van der Waals surface area contributed by atoms with Crippen molar-refractivity contribution >= 4 is 61.7 Å². The van der Waals surface area contributed by atoms with Gasteiger partial charge in [-0.1, -0.05) is 71.0 Å². The minimum absolute atomic E-state index is 0.0746. The first-order valence-electron chi connectivity index (χ1n) is 45.3. The van der Waals surface area contributed by atoms with Crippen LogP contribution in [0.1, 0.15) is 174 Å². The maximum Gasteiger partial charge on any atom is 0.351 e. The number of aliphatic hydroxyl groups excluding tert-OH is 4. The second-order valence-electron chi connectivity index (χ2n) is 35.8. The van der Waals surface area contributed by atoms with Gasteiger partial charge in [0.05, 0.1) is 31.7 Å². The van der Waals surface area contributed by atoms with Crippen molar-refractivity contribution in [3.8, 4) is 0 Å². The molecule has 15 heterocycles. The van der Waals surface area contributed by atoms with Crippen LogP contribution in [-0.4, -0.2) is 285 Å². The second-order valence-corrected chi connectivity index (χ2v) is 37.2. The first-order chi connectivity index (χ1) is 64.6. The molecular formula is C89H123N24O22P. The number of H-pyrrole nitrogens is 1. The van der Waals surface area contributed by atoms with Crippen molar-refractivity contribution in [2.45, 2.75) is 261 Å². The Bertz CT molecular complexity index is 6020. The summed E-state index contributed by atoms with van der Waals surface area (Å²) in [5.41, 5.74) is 7.77. The van der Waals surface area contributed by atoms with Crippen LogP contribution in [0.15, 0.2) is 120 Å². The van der Waals surface area contributed by atoms with Crippen LogP contribution in [0.3, 0.4) is 0 Å². The van der Waals surface area contributed by atoms with E-state index in [1.165, 1.54) is 59.1 Å². The Morgan fingerprint density at radius 2 is 0.846 bits per heavy atom. The van der Waals surface area contributed by atoms with Gasteiger partial charge in [-0.3, -0.25) is 42.2 Å². The maximum absolute atomic E-state index is 13.5. The van der Waals surface area contributed by atoms with Gasteiger partial charge in [-0.05, 0) is 119 Å². The fourth-order valence-electron chi connectivity index (χ4n) is 19.4. The Morgan fingerprint density at radius 1 is 0.500 bits per heavy atom. The number of nitrogen functional groups attached to an aromatic ring is 2. The highest BCUT2D eigenvalue weighted by Gasteiger charge is 2.69. The van der Waals surface area contributed by atoms with Crippen LogP contribution in [0.4, 0.5) is 37.7 Å². The van der Waals surface area contributed by atoms with Gasteiger partial charge in [-0.2, -0.15) is 19.9 Å². The molecular weight excluding hydrogens is 1790 g/mol. The number of likely N-dealkylation sites (tertiary alicyclic amines) is 3. The first-order valence-corrected chi connectivity index (χ1v) is 46.4. The number of benzene rings is 2. The molecule has 10 aliphatic rings. The van der Waals surface area contributed by atoms with Crippen LogP contribution in [0.25, 0.3) is 4.85 Å². The lowest BCUT2D eigenvalue weighted by molar-refractivity contribution is -0.130. The minimum atomic E-state index is -1.66. The van der Waals surface area contributed by atoms with E-state index in [0.717, 1.165) is 0 Å². The van der Waals surface area contributed by atoms with Crippen LogP contribution >= 0.6 is 8.53 Å². The summed E-state index contributed by atoms with van der Waals surface area (Å²) in [6, 6.07) is 13.7. The fourth-order valence-corrected chi connectivity index (χ4v) is 21.3. The number of hydrogen-bond acceptors (Lipinski definition) is 31. The number of aromatic amines is 1.